The highest BCUT2D eigenvalue weighted by Gasteiger charge is 2.22. The van der Waals surface area contributed by atoms with Crippen LogP contribution < -0.4 is 0 Å². The molecule has 0 radical (unpaired) electrons. The van der Waals surface area contributed by atoms with Gasteiger partial charge in [0.25, 0.3) is 5.91 Å². The molecule has 6 heteroatoms. The summed E-state index contributed by atoms with van der Waals surface area (Å²) in [5, 5.41) is 12.7. The van der Waals surface area contributed by atoms with E-state index in [-0.39, 0.29) is 12.5 Å². The Kier molecular flexibility index (Phi) is 4.55. The van der Waals surface area contributed by atoms with Gasteiger partial charge in [-0.3, -0.25) is 14.5 Å². The van der Waals surface area contributed by atoms with Gasteiger partial charge in [-0.05, 0) is 24.3 Å². The first-order chi connectivity index (χ1) is 9.08. The third-order valence-corrected chi connectivity index (χ3v) is 4.18. The molecular weight excluding hydrogens is 264 g/mol. The minimum absolute atomic E-state index is 0.0551. The highest BCUT2D eigenvalue weighted by molar-refractivity contribution is 7.08. The molecule has 1 aromatic rings. The topological polar surface area (TPSA) is 60.9 Å². The summed E-state index contributed by atoms with van der Waals surface area (Å²) in [6, 6.07) is 0. The van der Waals surface area contributed by atoms with Gasteiger partial charge >= 0.3 is 5.97 Å². The molecule has 0 aliphatic carbocycles. The van der Waals surface area contributed by atoms with Crippen molar-refractivity contribution in [3.05, 3.63) is 21.9 Å². The summed E-state index contributed by atoms with van der Waals surface area (Å²) in [5.74, 6) is -0.746. The van der Waals surface area contributed by atoms with Gasteiger partial charge in [0.15, 0.2) is 0 Å². The Bertz CT molecular complexity index is 472. The fourth-order valence-corrected chi connectivity index (χ4v) is 3.10. The molecule has 0 atom stereocenters. The van der Waals surface area contributed by atoms with Gasteiger partial charge in [0.05, 0.1) is 12.1 Å². The first-order valence-corrected chi connectivity index (χ1v) is 7.28. The number of hydrogen-bond donors (Lipinski definition) is 1. The van der Waals surface area contributed by atoms with E-state index in [4.69, 9.17) is 5.11 Å². The number of carboxylic acid groups (broad SMARTS) is 1. The standard InChI is InChI=1S/C13H18N2O3S/c1-10-8-19-9-11(10)13(18)15-4-2-3-14(5-6-15)7-12(16)17/h8-9H,2-7H2,1H3,(H,16,17). The van der Waals surface area contributed by atoms with E-state index in [2.05, 4.69) is 0 Å². The van der Waals surface area contributed by atoms with Gasteiger partial charge in [0.2, 0.25) is 0 Å². The summed E-state index contributed by atoms with van der Waals surface area (Å²) in [6.45, 7) is 4.66. The fraction of sp³-hybridized carbons (Fsp3) is 0.538. The second-order valence-electron chi connectivity index (χ2n) is 4.78. The molecule has 1 aromatic heterocycles. The minimum atomic E-state index is -0.812. The number of hydrogen-bond acceptors (Lipinski definition) is 4. The Hall–Kier alpha value is -1.40. The number of rotatable bonds is 3. The number of aryl methyl sites for hydroxylation is 1. The number of carboxylic acids is 1. The molecule has 1 saturated heterocycles. The van der Waals surface area contributed by atoms with E-state index in [1.807, 2.05) is 27.5 Å². The maximum Gasteiger partial charge on any atom is 0.317 e. The Morgan fingerprint density at radius 3 is 2.68 bits per heavy atom. The molecule has 0 unspecified atom stereocenters. The average molecular weight is 282 g/mol. The van der Waals surface area contributed by atoms with Crippen molar-refractivity contribution in [1.82, 2.24) is 9.80 Å². The first kappa shape index (κ1) is 14.0. The van der Waals surface area contributed by atoms with Gasteiger partial charge in [0.1, 0.15) is 0 Å². The second-order valence-corrected chi connectivity index (χ2v) is 5.53. The Balaban J connectivity index is 1.97. The van der Waals surface area contributed by atoms with Crippen LogP contribution in [0.2, 0.25) is 0 Å². The quantitative estimate of drug-likeness (QED) is 0.907. The van der Waals surface area contributed by atoms with E-state index in [9.17, 15) is 9.59 Å². The van der Waals surface area contributed by atoms with Crippen molar-refractivity contribution in [2.24, 2.45) is 0 Å². The summed E-state index contributed by atoms with van der Waals surface area (Å²) in [6.07, 6.45) is 0.822. The lowest BCUT2D eigenvalue weighted by atomic mass is 10.2. The predicted octanol–water partition coefficient (Wildman–Crippen LogP) is 1.29. The zero-order valence-electron chi connectivity index (χ0n) is 11.0. The summed E-state index contributed by atoms with van der Waals surface area (Å²) in [5.41, 5.74) is 1.79. The van der Waals surface area contributed by atoms with E-state index >= 15 is 0 Å². The fourth-order valence-electron chi connectivity index (χ4n) is 2.27. The molecule has 1 fully saturated rings. The molecule has 1 amide bonds. The lowest BCUT2D eigenvalue weighted by Crippen LogP contribution is -2.36. The van der Waals surface area contributed by atoms with Crippen LogP contribution in [0, 0.1) is 6.92 Å². The van der Waals surface area contributed by atoms with Gasteiger partial charge in [-0.2, -0.15) is 11.3 Å². The summed E-state index contributed by atoms with van der Waals surface area (Å²) < 4.78 is 0. The van der Waals surface area contributed by atoms with Gasteiger partial charge in [-0.25, -0.2) is 0 Å². The van der Waals surface area contributed by atoms with Crippen LogP contribution in [0.1, 0.15) is 22.3 Å². The van der Waals surface area contributed by atoms with E-state index in [0.29, 0.717) is 19.6 Å². The molecular formula is C13H18N2O3S. The van der Waals surface area contributed by atoms with E-state index in [0.717, 1.165) is 24.1 Å². The monoisotopic (exact) mass is 282 g/mol. The zero-order valence-corrected chi connectivity index (χ0v) is 11.8. The molecule has 2 heterocycles. The molecule has 104 valence electrons. The number of carbonyl (C=O) groups excluding carboxylic acids is 1. The van der Waals surface area contributed by atoms with Crippen molar-refractivity contribution < 1.29 is 14.7 Å². The van der Waals surface area contributed by atoms with Gasteiger partial charge in [-0.15, -0.1) is 0 Å². The molecule has 1 aliphatic rings. The summed E-state index contributed by atoms with van der Waals surface area (Å²) in [4.78, 5) is 26.8. The van der Waals surface area contributed by atoms with Crippen molar-refractivity contribution >= 4 is 23.2 Å². The SMILES string of the molecule is Cc1cscc1C(=O)N1CCCN(CC(=O)O)CC1. The zero-order chi connectivity index (χ0) is 13.8. The lowest BCUT2D eigenvalue weighted by Gasteiger charge is -2.21. The van der Waals surface area contributed by atoms with Crippen LogP contribution in [-0.4, -0.2) is 59.5 Å². The molecule has 0 spiro atoms. The summed E-state index contributed by atoms with van der Waals surface area (Å²) >= 11 is 1.54. The van der Waals surface area contributed by atoms with Crippen LogP contribution in [0.25, 0.3) is 0 Å². The molecule has 0 bridgehead atoms. The smallest absolute Gasteiger partial charge is 0.317 e. The normalized spacial score (nSPS) is 17.2. The van der Waals surface area contributed by atoms with Crippen LogP contribution in [0.5, 0.6) is 0 Å². The Morgan fingerprint density at radius 1 is 1.26 bits per heavy atom. The predicted molar refractivity (Wildman–Crippen MR) is 73.7 cm³/mol. The summed E-state index contributed by atoms with van der Waals surface area (Å²) in [7, 11) is 0. The maximum atomic E-state index is 12.4. The number of aliphatic carboxylic acids is 1. The van der Waals surface area contributed by atoms with E-state index in [1.54, 1.807) is 0 Å². The van der Waals surface area contributed by atoms with Crippen molar-refractivity contribution in [2.75, 3.05) is 32.7 Å². The Morgan fingerprint density at radius 2 is 2.05 bits per heavy atom. The molecule has 0 aromatic carbocycles. The van der Waals surface area contributed by atoms with Crippen molar-refractivity contribution in [1.29, 1.82) is 0 Å². The molecule has 1 N–H and O–H groups in total. The van der Waals surface area contributed by atoms with Crippen molar-refractivity contribution in [2.45, 2.75) is 13.3 Å². The molecule has 2 rings (SSSR count). The van der Waals surface area contributed by atoms with E-state index < -0.39 is 5.97 Å². The molecule has 1 aliphatic heterocycles. The van der Waals surface area contributed by atoms with Crippen molar-refractivity contribution in [3.8, 4) is 0 Å². The van der Waals surface area contributed by atoms with Gasteiger partial charge < -0.3 is 10.0 Å². The van der Waals surface area contributed by atoms with Gasteiger partial charge in [0, 0.05) is 31.6 Å². The maximum absolute atomic E-state index is 12.4. The first-order valence-electron chi connectivity index (χ1n) is 6.34. The number of thiophene rings is 1. The van der Waals surface area contributed by atoms with Crippen LogP contribution in [-0.2, 0) is 4.79 Å². The molecule has 5 nitrogen and oxygen atoms in total. The number of nitrogens with zero attached hydrogens (tertiary/aromatic N) is 2. The van der Waals surface area contributed by atoms with Crippen molar-refractivity contribution in [3.63, 3.8) is 0 Å². The van der Waals surface area contributed by atoms with Crippen LogP contribution >= 0.6 is 11.3 Å². The molecule has 0 saturated carbocycles. The minimum Gasteiger partial charge on any atom is -0.480 e. The average Bonchev–Trinajstić information content (AvgIpc) is 2.64. The van der Waals surface area contributed by atoms with E-state index in [1.165, 1.54) is 11.3 Å². The number of carbonyl (C=O) groups is 2. The van der Waals surface area contributed by atoms with Crippen LogP contribution in [0.4, 0.5) is 0 Å². The van der Waals surface area contributed by atoms with Crippen LogP contribution in [0.15, 0.2) is 10.8 Å². The highest BCUT2D eigenvalue weighted by Crippen LogP contribution is 2.17. The molecule has 19 heavy (non-hydrogen) atoms. The largest absolute Gasteiger partial charge is 0.480 e. The second kappa shape index (κ2) is 6.16. The van der Waals surface area contributed by atoms with Crippen LogP contribution in [0.3, 0.4) is 0 Å². The lowest BCUT2D eigenvalue weighted by molar-refractivity contribution is -0.138. The van der Waals surface area contributed by atoms with Gasteiger partial charge in [-0.1, -0.05) is 0 Å². The Labute approximate surface area is 116 Å². The highest BCUT2D eigenvalue weighted by atomic mass is 32.1. The third-order valence-electron chi connectivity index (χ3n) is 3.32. The number of amides is 1. The third kappa shape index (κ3) is 3.54.